The lowest BCUT2D eigenvalue weighted by atomic mass is 9.92. The van der Waals surface area contributed by atoms with Crippen LogP contribution in [0.2, 0.25) is 0 Å². The van der Waals surface area contributed by atoms with Crippen molar-refractivity contribution >= 4 is 20.9 Å². The van der Waals surface area contributed by atoms with Crippen molar-refractivity contribution in [1.82, 2.24) is 14.9 Å². The molecule has 2 heterocycles. The van der Waals surface area contributed by atoms with Crippen molar-refractivity contribution in [3.8, 4) is 0 Å². The maximum absolute atomic E-state index is 13.4. The molecular formula is C22H27N3O2S. The fraction of sp³-hybridized carbons (Fsp3) is 0.409. The average molecular weight is 398 g/mol. The summed E-state index contributed by atoms with van der Waals surface area (Å²) in [7, 11) is -3.55. The summed E-state index contributed by atoms with van der Waals surface area (Å²) >= 11 is 0. The van der Waals surface area contributed by atoms with Gasteiger partial charge in [0.2, 0.25) is 0 Å². The van der Waals surface area contributed by atoms with Crippen LogP contribution in [0.4, 0.5) is 0 Å². The summed E-state index contributed by atoms with van der Waals surface area (Å²) in [5.74, 6) is 0. The van der Waals surface area contributed by atoms with Crippen LogP contribution in [-0.2, 0) is 15.5 Å². The number of hydrogen-bond donors (Lipinski definition) is 1. The molecule has 1 aliphatic rings. The molecule has 0 spiro atoms. The van der Waals surface area contributed by atoms with Gasteiger partial charge in [-0.2, -0.15) is 0 Å². The lowest BCUT2D eigenvalue weighted by Gasteiger charge is -2.47. The van der Waals surface area contributed by atoms with Crippen molar-refractivity contribution in [3.05, 3.63) is 58.4 Å². The highest BCUT2D eigenvalue weighted by Gasteiger charge is 2.52. The van der Waals surface area contributed by atoms with Gasteiger partial charge in [0.25, 0.3) is 0 Å². The van der Waals surface area contributed by atoms with Gasteiger partial charge in [0, 0.05) is 5.56 Å². The normalized spacial score (nSPS) is 23.0. The Hall–Kier alpha value is -2.18. The minimum absolute atomic E-state index is 0.435. The van der Waals surface area contributed by atoms with Crippen molar-refractivity contribution in [1.29, 1.82) is 0 Å². The smallest absolute Gasteiger partial charge is 0.197 e. The van der Waals surface area contributed by atoms with Gasteiger partial charge in [0.05, 0.1) is 22.3 Å². The summed E-state index contributed by atoms with van der Waals surface area (Å²) in [6.45, 7) is 13.5. The highest BCUT2D eigenvalue weighted by Crippen LogP contribution is 2.44. The van der Waals surface area contributed by atoms with E-state index in [-0.39, 0.29) is 0 Å². The number of hydrogen-bond acceptors (Lipinski definition) is 4. The van der Waals surface area contributed by atoms with Crippen LogP contribution < -0.4 is 5.32 Å². The minimum atomic E-state index is -3.55. The first-order valence-electron chi connectivity index (χ1n) is 9.50. The van der Waals surface area contributed by atoms with Crippen molar-refractivity contribution in [2.45, 2.75) is 63.9 Å². The van der Waals surface area contributed by atoms with Crippen molar-refractivity contribution in [2.75, 3.05) is 0 Å². The second-order valence-electron chi connectivity index (χ2n) is 8.60. The summed E-state index contributed by atoms with van der Waals surface area (Å²) in [6, 6.07) is 8.05. The van der Waals surface area contributed by atoms with E-state index < -0.39 is 20.4 Å². The molecule has 0 amide bonds. The van der Waals surface area contributed by atoms with Gasteiger partial charge in [-0.3, -0.25) is 5.32 Å². The van der Waals surface area contributed by atoms with Crippen molar-refractivity contribution in [3.63, 3.8) is 0 Å². The number of fused-ring (bicyclic) bond motifs is 2. The fourth-order valence-electron chi connectivity index (χ4n) is 4.57. The van der Waals surface area contributed by atoms with Gasteiger partial charge in [-0.25, -0.2) is 13.4 Å². The topological polar surface area (TPSA) is 64.0 Å². The zero-order chi connectivity index (χ0) is 20.6. The summed E-state index contributed by atoms with van der Waals surface area (Å²) in [6.07, 6.45) is 1.82. The van der Waals surface area contributed by atoms with Crippen molar-refractivity contribution in [2.24, 2.45) is 0 Å². The number of rotatable bonds is 1. The van der Waals surface area contributed by atoms with E-state index in [1.165, 1.54) is 5.56 Å². The van der Waals surface area contributed by atoms with Crippen LogP contribution in [0.15, 0.2) is 35.5 Å². The third kappa shape index (κ3) is 2.28. The molecule has 148 valence electrons. The molecule has 0 radical (unpaired) electrons. The molecule has 1 atom stereocenters. The molecule has 5 nitrogen and oxygen atoms in total. The quantitative estimate of drug-likeness (QED) is 0.671. The molecule has 0 bridgehead atoms. The van der Waals surface area contributed by atoms with Gasteiger partial charge in [-0.15, -0.1) is 0 Å². The highest BCUT2D eigenvalue weighted by molar-refractivity contribution is 7.93. The number of imidazole rings is 1. The standard InChI is InChI=1S/C22H27N3O2S/c1-13-10-11-17-19(16(13)4)23-12-25(17)22(7)18-14(2)8-9-15(3)20(18)28(26,27)21(5,6)24-22/h8-12,24H,1-7H3. The van der Waals surface area contributed by atoms with Gasteiger partial charge >= 0.3 is 0 Å². The third-order valence-electron chi connectivity index (χ3n) is 6.26. The van der Waals surface area contributed by atoms with Crippen molar-refractivity contribution < 1.29 is 8.42 Å². The lowest BCUT2D eigenvalue weighted by molar-refractivity contribution is 0.246. The third-order valence-corrected chi connectivity index (χ3v) is 8.77. The molecule has 4 rings (SSSR count). The Morgan fingerprint density at radius 1 is 0.929 bits per heavy atom. The van der Waals surface area contributed by atoms with Crippen LogP contribution >= 0.6 is 0 Å². The second-order valence-corrected chi connectivity index (χ2v) is 11.0. The summed E-state index contributed by atoms with van der Waals surface area (Å²) in [4.78, 5) is 4.00. The van der Waals surface area contributed by atoms with Gasteiger partial charge < -0.3 is 4.57 Å². The Morgan fingerprint density at radius 2 is 1.54 bits per heavy atom. The lowest BCUT2D eigenvalue weighted by Crippen LogP contribution is -2.63. The van der Waals surface area contributed by atoms with Crippen LogP contribution in [0.3, 0.4) is 0 Å². The number of aromatic nitrogens is 2. The van der Waals surface area contributed by atoms with E-state index in [0.717, 1.165) is 33.3 Å². The van der Waals surface area contributed by atoms with E-state index in [2.05, 4.69) is 40.8 Å². The van der Waals surface area contributed by atoms with Crippen LogP contribution in [0.25, 0.3) is 11.0 Å². The molecule has 0 saturated heterocycles. The molecule has 2 aromatic carbocycles. The zero-order valence-electron chi connectivity index (χ0n) is 17.5. The van der Waals surface area contributed by atoms with Crippen LogP contribution in [-0.4, -0.2) is 22.8 Å². The van der Waals surface area contributed by atoms with E-state index in [4.69, 9.17) is 0 Å². The summed E-state index contributed by atoms with van der Waals surface area (Å²) in [5, 5.41) is 3.45. The van der Waals surface area contributed by atoms with Gasteiger partial charge in [0.15, 0.2) is 9.84 Å². The van der Waals surface area contributed by atoms with E-state index in [1.54, 1.807) is 13.8 Å². The molecular weight excluding hydrogens is 370 g/mol. The molecule has 1 aromatic heterocycles. The number of sulfone groups is 1. The molecule has 3 aromatic rings. The SMILES string of the molecule is Cc1ccc(C)c2c1C(C)(n1cnc3c(C)c(C)ccc31)NC(C)(C)S2(=O)=O. The van der Waals surface area contributed by atoms with Crippen LogP contribution in [0.1, 0.15) is 48.6 Å². The molecule has 1 aliphatic heterocycles. The highest BCUT2D eigenvalue weighted by atomic mass is 32.2. The number of aryl methyl sites for hydroxylation is 4. The molecule has 0 fully saturated rings. The first kappa shape index (κ1) is 19.2. The largest absolute Gasteiger partial charge is 0.307 e. The molecule has 28 heavy (non-hydrogen) atoms. The van der Waals surface area contributed by atoms with Crippen LogP contribution in [0, 0.1) is 27.7 Å². The number of nitrogens with zero attached hydrogens (tertiary/aromatic N) is 2. The first-order chi connectivity index (χ1) is 12.9. The van der Waals surface area contributed by atoms with E-state index in [0.29, 0.717) is 4.90 Å². The maximum Gasteiger partial charge on any atom is 0.197 e. The predicted octanol–water partition coefficient (Wildman–Crippen LogP) is 4.10. The first-order valence-corrected chi connectivity index (χ1v) is 11.0. The van der Waals surface area contributed by atoms with Gasteiger partial charge in [0.1, 0.15) is 10.5 Å². The fourth-order valence-corrected chi connectivity index (χ4v) is 6.53. The monoisotopic (exact) mass is 397 g/mol. The second kappa shape index (κ2) is 5.67. The van der Waals surface area contributed by atoms with E-state index in [1.807, 2.05) is 39.2 Å². The van der Waals surface area contributed by atoms with E-state index >= 15 is 0 Å². The summed E-state index contributed by atoms with van der Waals surface area (Å²) < 4.78 is 28.9. The summed E-state index contributed by atoms with van der Waals surface area (Å²) in [5.41, 5.74) is 6.03. The Labute approximate surface area is 166 Å². The molecule has 0 saturated carbocycles. The average Bonchev–Trinajstić information content (AvgIpc) is 3.03. The molecule has 1 unspecified atom stereocenters. The zero-order valence-corrected chi connectivity index (χ0v) is 18.3. The molecule has 1 N–H and O–H groups in total. The van der Waals surface area contributed by atoms with Crippen LogP contribution in [0.5, 0.6) is 0 Å². The minimum Gasteiger partial charge on any atom is -0.307 e. The van der Waals surface area contributed by atoms with Gasteiger partial charge in [-0.05, 0) is 76.8 Å². The Kier molecular flexibility index (Phi) is 3.88. The molecule has 0 aliphatic carbocycles. The Balaban J connectivity index is 2.15. The Morgan fingerprint density at radius 3 is 2.21 bits per heavy atom. The van der Waals surface area contributed by atoms with E-state index in [9.17, 15) is 8.42 Å². The number of benzene rings is 2. The Bertz CT molecular complexity index is 1240. The van der Waals surface area contributed by atoms with Gasteiger partial charge in [-0.1, -0.05) is 18.2 Å². The number of nitrogens with one attached hydrogen (secondary N) is 1. The predicted molar refractivity (Wildman–Crippen MR) is 112 cm³/mol. The maximum atomic E-state index is 13.4. The molecule has 6 heteroatoms.